The molecule has 0 N–H and O–H groups in total. The molecule has 1 aromatic carbocycles. The first-order valence-electron chi connectivity index (χ1n) is 6.08. The predicted molar refractivity (Wildman–Crippen MR) is 64.5 cm³/mol. The van der Waals surface area contributed by atoms with E-state index in [-0.39, 0.29) is 10.5 Å². The average molecular weight is 283 g/mol. The number of rotatable bonds is 2. The van der Waals surface area contributed by atoms with Gasteiger partial charge in [0.2, 0.25) is 0 Å². The van der Waals surface area contributed by atoms with E-state index in [9.17, 15) is 13.2 Å². The lowest BCUT2D eigenvalue weighted by atomic mass is 10.2. The number of amides is 1. The Morgan fingerprint density at radius 2 is 2.05 bits per heavy atom. The fourth-order valence-corrected chi connectivity index (χ4v) is 3.56. The van der Waals surface area contributed by atoms with Gasteiger partial charge in [-0.25, -0.2) is 4.84 Å². The smallest absolute Gasteiger partial charge is 0.293 e. The van der Waals surface area contributed by atoms with Crippen LogP contribution in [0.2, 0.25) is 0 Å². The molecule has 0 saturated carbocycles. The third-order valence-corrected chi connectivity index (χ3v) is 4.73. The van der Waals surface area contributed by atoms with Gasteiger partial charge in [0.15, 0.2) is 6.29 Å². The van der Waals surface area contributed by atoms with Crippen LogP contribution in [0.1, 0.15) is 29.6 Å². The normalized spacial score (nSPS) is 25.4. The molecule has 19 heavy (non-hydrogen) atoms. The van der Waals surface area contributed by atoms with Crippen molar-refractivity contribution in [3.63, 3.8) is 0 Å². The summed E-state index contributed by atoms with van der Waals surface area (Å²) in [6.07, 6.45) is 1.71. The molecular formula is C12H13NO5S. The van der Waals surface area contributed by atoms with Gasteiger partial charge in [-0.1, -0.05) is 16.6 Å². The molecule has 0 radical (unpaired) electrons. The van der Waals surface area contributed by atoms with E-state index in [1.165, 1.54) is 12.1 Å². The summed E-state index contributed by atoms with van der Waals surface area (Å²) in [6.45, 7) is 0.514. The molecule has 0 bridgehead atoms. The van der Waals surface area contributed by atoms with Crippen LogP contribution in [0, 0.1) is 0 Å². The first-order chi connectivity index (χ1) is 9.10. The lowest BCUT2D eigenvalue weighted by molar-refractivity contribution is -0.233. The second-order valence-corrected chi connectivity index (χ2v) is 6.16. The number of ether oxygens (including phenoxy) is 1. The third-order valence-electron chi connectivity index (χ3n) is 3.13. The Labute approximate surface area is 110 Å². The molecule has 0 aromatic heterocycles. The summed E-state index contributed by atoms with van der Waals surface area (Å²) in [5.74, 6) is -0.662. The number of carbonyl (C=O) groups is 1. The van der Waals surface area contributed by atoms with Crippen LogP contribution in [0.5, 0.6) is 0 Å². The fourth-order valence-electron chi connectivity index (χ4n) is 2.17. The van der Waals surface area contributed by atoms with Gasteiger partial charge in [0.25, 0.3) is 15.9 Å². The number of sulfonamides is 1. The highest BCUT2D eigenvalue weighted by Crippen LogP contribution is 2.31. The van der Waals surface area contributed by atoms with E-state index >= 15 is 0 Å². The SMILES string of the molecule is O=C1c2ccccc2S(=O)(=O)N1OC1CCCCO1. The van der Waals surface area contributed by atoms with Gasteiger partial charge in [0, 0.05) is 13.0 Å². The van der Waals surface area contributed by atoms with Crippen LogP contribution in [0.3, 0.4) is 0 Å². The number of fused-ring (bicyclic) bond motifs is 1. The van der Waals surface area contributed by atoms with Crippen molar-refractivity contribution in [2.75, 3.05) is 6.61 Å². The maximum absolute atomic E-state index is 12.2. The summed E-state index contributed by atoms with van der Waals surface area (Å²) >= 11 is 0. The monoisotopic (exact) mass is 283 g/mol. The van der Waals surface area contributed by atoms with Gasteiger partial charge in [-0.05, 0) is 25.0 Å². The largest absolute Gasteiger partial charge is 0.350 e. The van der Waals surface area contributed by atoms with E-state index in [0.717, 1.165) is 12.8 Å². The van der Waals surface area contributed by atoms with Crippen molar-refractivity contribution >= 4 is 15.9 Å². The van der Waals surface area contributed by atoms with E-state index in [4.69, 9.17) is 9.57 Å². The Kier molecular flexibility index (Phi) is 3.04. The van der Waals surface area contributed by atoms with Crippen molar-refractivity contribution in [3.05, 3.63) is 29.8 Å². The molecule has 102 valence electrons. The molecule has 2 aliphatic rings. The van der Waals surface area contributed by atoms with Gasteiger partial charge in [0.05, 0.1) is 5.56 Å². The third kappa shape index (κ3) is 2.03. The van der Waals surface area contributed by atoms with Gasteiger partial charge in [-0.15, -0.1) is 0 Å². The van der Waals surface area contributed by atoms with E-state index in [2.05, 4.69) is 0 Å². The van der Waals surface area contributed by atoms with Crippen molar-refractivity contribution in [2.24, 2.45) is 0 Å². The minimum absolute atomic E-state index is 0.0178. The van der Waals surface area contributed by atoms with Gasteiger partial charge in [-0.3, -0.25) is 4.79 Å². The maximum atomic E-state index is 12.2. The zero-order valence-corrected chi connectivity index (χ0v) is 10.9. The Morgan fingerprint density at radius 1 is 1.26 bits per heavy atom. The second-order valence-electron chi connectivity index (χ2n) is 4.44. The lowest BCUT2D eigenvalue weighted by Gasteiger charge is -2.25. The predicted octanol–water partition coefficient (Wildman–Crippen LogP) is 1.29. The van der Waals surface area contributed by atoms with Crippen LogP contribution < -0.4 is 0 Å². The minimum atomic E-state index is -3.91. The highest BCUT2D eigenvalue weighted by Gasteiger charge is 2.43. The Bertz CT molecular complexity index is 606. The summed E-state index contributed by atoms with van der Waals surface area (Å²) in [5, 5.41) is 0. The van der Waals surface area contributed by atoms with Gasteiger partial charge >= 0.3 is 0 Å². The highest BCUT2D eigenvalue weighted by atomic mass is 32.2. The molecule has 1 aromatic rings. The number of hydrogen-bond donors (Lipinski definition) is 0. The molecule has 0 spiro atoms. The number of hydroxylamine groups is 1. The summed E-state index contributed by atoms with van der Waals surface area (Å²) in [4.78, 5) is 17.3. The van der Waals surface area contributed by atoms with E-state index in [1.54, 1.807) is 12.1 Å². The molecule has 3 rings (SSSR count). The van der Waals surface area contributed by atoms with Crippen LogP contribution >= 0.6 is 0 Å². The van der Waals surface area contributed by atoms with E-state index in [0.29, 0.717) is 17.5 Å². The average Bonchev–Trinajstić information content (AvgIpc) is 2.62. The molecule has 1 saturated heterocycles. The Hall–Kier alpha value is -1.44. The number of benzene rings is 1. The standard InChI is InChI=1S/C12H13NO5S/c14-12-9-5-1-2-6-10(9)19(15,16)13(12)18-11-7-3-4-8-17-11/h1-2,5-6,11H,3-4,7-8H2. The molecule has 6 nitrogen and oxygen atoms in total. The first-order valence-corrected chi connectivity index (χ1v) is 7.52. The maximum Gasteiger partial charge on any atom is 0.293 e. The topological polar surface area (TPSA) is 72.9 Å². The first kappa shape index (κ1) is 12.6. The number of hydrogen-bond acceptors (Lipinski definition) is 5. The van der Waals surface area contributed by atoms with E-state index < -0.39 is 22.2 Å². The molecule has 0 aliphatic carbocycles. The molecule has 7 heteroatoms. The van der Waals surface area contributed by atoms with Gasteiger partial charge in [-0.2, -0.15) is 8.42 Å². The van der Waals surface area contributed by atoms with Crippen molar-refractivity contribution in [1.82, 2.24) is 4.47 Å². The zero-order valence-electron chi connectivity index (χ0n) is 10.1. The zero-order chi connectivity index (χ0) is 13.5. The van der Waals surface area contributed by atoms with Crippen LogP contribution in [0.4, 0.5) is 0 Å². The molecule has 1 amide bonds. The van der Waals surface area contributed by atoms with Gasteiger partial charge in [0.1, 0.15) is 4.90 Å². The summed E-state index contributed by atoms with van der Waals surface area (Å²) in [7, 11) is -3.91. The van der Waals surface area contributed by atoms with Crippen LogP contribution in [0.25, 0.3) is 0 Å². The summed E-state index contributed by atoms with van der Waals surface area (Å²) < 4.78 is 30.1. The molecule has 1 unspecified atom stereocenters. The van der Waals surface area contributed by atoms with Crippen molar-refractivity contribution in [2.45, 2.75) is 30.4 Å². The summed E-state index contributed by atoms with van der Waals surface area (Å²) in [5.41, 5.74) is 0.137. The van der Waals surface area contributed by atoms with Crippen molar-refractivity contribution in [3.8, 4) is 0 Å². The second kappa shape index (κ2) is 4.59. The number of carbonyl (C=O) groups excluding carboxylic acids is 1. The minimum Gasteiger partial charge on any atom is -0.350 e. The van der Waals surface area contributed by atoms with Crippen molar-refractivity contribution in [1.29, 1.82) is 0 Å². The number of nitrogens with zero attached hydrogens (tertiary/aromatic N) is 1. The Balaban J connectivity index is 1.90. The highest BCUT2D eigenvalue weighted by molar-refractivity contribution is 7.90. The quantitative estimate of drug-likeness (QED) is 0.817. The van der Waals surface area contributed by atoms with Crippen LogP contribution in [-0.2, 0) is 19.6 Å². The van der Waals surface area contributed by atoms with E-state index in [1.807, 2.05) is 0 Å². The molecule has 2 heterocycles. The van der Waals surface area contributed by atoms with Crippen molar-refractivity contribution < 1.29 is 22.8 Å². The van der Waals surface area contributed by atoms with Crippen LogP contribution in [0.15, 0.2) is 29.2 Å². The molecular weight excluding hydrogens is 270 g/mol. The summed E-state index contributed by atoms with van der Waals surface area (Å²) in [6, 6.07) is 6.06. The van der Waals surface area contributed by atoms with Crippen LogP contribution in [-0.4, -0.2) is 31.7 Å². The molecule has 2 aliphatic heterocycles. The fraction of sp³-hybridized carbons (Fsp3) is 0.417. The molecule has 1 fully saturated rings. The molecule has 1 atom stereocenters. The Morgan fingerprint density at radius 3 is 2.74 bits per heavy atom. The van der Waals surface area contributed by atoms with Gasteiger partial charge < -0.3 is 4.74 Å². The lowest BCUT2D eigenvalue weighted by Crippen LogP contribution is -2.37.